The molecule has 0 fully saturated rings. The van der Waals surface area contributed by atoms with Gasteiger partial charge in [0.2, 0.25) is 10.0 Å². The zero-order chi connectivity index (χ0) is 14.1. The number of carbonyl (C=O) groups excluding carboxylic acids is 1. The normalized spacial score (nSPS) is 11.0. The van der Waals surface area contributed by atoms with E-state index in [-0.39, 0.29) is 10.7 Å². The Morgan fingerprint density at radius 2 is 1.89 bits per heavy atom. The van der Waals surface area contributed by atoms with Crippen LogP contribution in [0.3, 0.4) is 0 Å². The Kier molecular flexibility index (Phi) is 3.79. The number of urea groups is 1. The molecule has 8 nitrogen and oxygen atoms in total. The van der Waals surface area contributed by atoms with Crippen molar-refractivity contribution in [1.29, 1.82) is 0 Å². The number of halogens is 1. The molecule has 0 aliphatic carbocycles. The van der Waals surface area contributed by atoms with Gasteiger partial charge in [-0.05, 0) is 12.1 Å². The maximum absolute atomic E-state index is 11.2. The maximum atomic E-state index is 11.2. The Morgan fingerprint density at radius 3 is 2.28 bits per heavy atom. The van der Waals surface area contributed by atoms with Gasteiger partial charge in [-0.15, -0.1) is 0 Å². The predicted octanol–water partition coefficient (Wildman–Crippen LogP) is 0.176. The number of aromatic carboxylic acids is 1. The third-order valence-electron chi connectivity index (χ3n) is 1.87. The highest BCUT2D eigenvalue weighted by atomic mass is 35.5. The maximum Gasteiger partial charge on any atom is 0.337 e. The number of carboxylic acids is 1. The third kappa shape index (κ3) is 3.09. The van der Waals surface area contributed by atoms with Gasteiger partial charge in [0.05, 0.1) is 16.3 Å². The summed E-state index contributed by atoms with van der Waals surface area (Å²) in [6, 6.07) is 0.665. The second kappa shape index (κ2) is 4.80. The molecule has 0 atom stereocenters. The van der Waals surface area contributed by atoms with Gasteiger partial charge in [0.15, 0.2) is 0 Å². The Hall–Kier alpha value is -1.84. The van der Waals surface area contributed by atoms with Crippen molar-refractivity contribution in [3.63, 3.8) is 0 Å². The molecule has 1 aromatic rings. The summed E-state index contributed by atoms with van der Waals surface area (Å²) >= 11 is 5.63. The highest BCUT2D eigenvalue weighted by molar-refractivity contribution is 7.89. The quantitative estimate of drug-likeness (QED) is 0.626. The van der Waals surface area contributed by atoms with E-state index in [4.69, 9.17) is 27.6 Å². The number of carbonyl (C=O) groups is 2. The summed E-state index contributed by atoms with van der Waals surface area (Å²) in [4.78, 5) is 21.0. The number of sulfonamides is 1. The standard InChI is InChI=1S/C8H8ClN3O5S/c9-4-2-5(12-8(10)15)3(7(13)14)1-6(4)18(11,16)17/h1-2H,(H,13,14)(H3,10,12,15)(H2,11,16,17). The number of hydrogen-bond acceptors (Lipinski definition) is 4. The summed E-state index contributed by atoms with van der Waals surface area (Å²) in [7, 11) is -4.17. The largest absolute Gasteiger partial charge is 0.478 e. The molecule has 98 valence electrons. The van der Waals surface area contributed by atoms with E-state index in [0.717, 1.165) is 12.1 Å². The Morgan fingerprint density at radius 1 is 1.33 bits per heavy atom. The number of primary amides is 1. The number of anilines is 1. The van der Waals surface area contributed by atoms with Crippen LogP contribution in [0.25, 0.3) is 0 Å². The fourth-order valence-corrected chi connectivity index (χ4v) is 2.28. The molecule has 1 rings (SSSR count). The van der Waals surface area contributed by atoms with Crippen molar-refractivity contribution in [2.75, 3.05) is 5.32 Å². The fraction of sp³-hybridized carbons (Fsp3) is 0. The number of benzene rings is 1. The lowest BCUT2D eigenvalue weighted by molar-refractivity contribution is 0.0698. The highest BCUT2D eigenvalue weighted by Gasteiger charge is 2.20. The lowest BCUT2D eigenvalue weighted by Gasteiger charge is -2.09. The molecule has 18 heavy (non-hydrogen) atoms. The second-order valence-corrected chi connectivity index (χ2v) is 5.10. The van der Waals surface area contributed by atoms with Crippen LogP contribution in [0.4, 0.5) is 10.5 Å². The number of amides is 2. The molecule has 0 aromatic heterocycles. The van der Waals surface area contributed by atoms with Gasteiger partial charge in [-0.1, -0.05) is 11.6 Å². The van der Waals surface area contributed by atoms with Crippen molar-refractivity contribution >= 4 is 39.3 Å². The van der Waals surface area contributed by atoms with Gasteiger partial charge in [0.25, 0.3) is 0 Å². The van der Waals surface area contributed by atoms with Crippen LogP contribution in [-0.2, 0) is 10.0 Å². The van der Waals surface area contributed by atoms with Gasteiger partial charge in [0, 0.05) is 0 Å². The summed E-state index contributed by atoms with van der Waals surface area (Å²) in [5.74, 6) is -1.47. The van der Waals surface area contributed by atoms with E-state index < -0.39 is 32.5 Å². The Balaban J connectivity index is 3.54. The molecule has 0 spiro atoms. The van der Waals surface area contributed by atoms with Gasteiger partial charge in [-0.25, -0.2) is 23.1 Å². The first kappa shape index (κ1) is 14.2. The van der Waals surface area contributed by atoms with Crippen LogP contribution < -0.4 is 16.2 Å². The van der Waals surface area contributed by atoms with Crippen molar-refractivity contribution in [2.24, 2.45) is 10.9 Å². The van der Waals surface area contributed by atoms with Crippen molar-refractivity contribution in [2.45, 2.75) is 4.90 Å². The van der Waals surface area contributed by atoms with Crippen LogP contribution >= 0.6 is 11.6 Å². The average molecular weight is 294 g/mol. The minimum Gasteiger partial charge on any atom is -0.478 e. The molecule has 1 aromatic carbocycles. The summed E-state index contributed by atoms with van der Waals surface area (Å²) < 4.78 is 22.3. The van der Waals surface area contributed by atoms with E-state index in [1.54, 1.807) is 0 Å². The molecule has 0 bridgehead atoms. The molecule has 0 aliphatic rings. The lowest BCUT2D eigenvalue weighted by atomic mass is 10.2. The SMILES string of the molecule is NC(=O)Nc1cc(Cl)c(S(N)(=O)=O)cc1C(=O)O. The van der Waals surface area contributed by atoms with E-state index in [1.165, 1.54) is 0 Å². The molecule has 0 heterocycles. The molecule has 0 unspecified atom stereocenters. The number of hydrogen-bond donors (Lipinski definition) is 4. The van der Waals surface area contributed by atoms with Gasteiger partial charge in [-0.3, -0.25) is 0 Å². The lowest BCUT2D eigenvalue weighted by Crippen LogP contribution is -2.22. The molecule has 0 radical (unpaired) electrons. The zero-order valence-corrected chi connectivity index (χ0v) is 10.2. The van der Waals surface area contributed by atoms with Crippen molar-refractivity contribution in [3.05, 3.63) is 22.7 Å². The van der Waals surface area contributed by atoms with E-state index in [1.807, 2.05) is 5.32 Å². The van der Waals surface area contributed by atoms with Crippen LogP contribution in [0.15, 0.2) is 17.0 Å². The molecule has 6 N–H and O–H groups in total. The van der Waals surface area contributed by atoms with Gasteiger partial charge in [-0.2, -0.15) is 0 Å². The summed E-state index contributed by atoms with van der Waals surface area (Å²) in [5, 5.41) is 15.4. The Labute approximate surface area is 107 Å². The number of rotatable bonds is 3. The molecular weight excluding hydrogens is 286 g/mol. The molecule has 0 saturated carbocycles. The van der Waals surface area contributed by atoms with Crippen molar-refractivity contribution < 1.29 is 23.1 Å². The van der Waals surface area contributed by atoms with Crippen molar-refractivity contribution in [3.8, 4) is 0 Å². The average Bonchev–Trinajstić information content (AvgIpc) is 2.13. The minimum absolute atomic E-state index is 0.229. The third-order valence-corrected chi connectivity index (χ3v) is 3.24. The summed E-state index contributed by atoms with van der Waals surface area (Å²) in [6.45, 7) is 0. The summed E-state index contributed by atoms with van der Waals surface area (Å²) in [6.07, 6.45) is 0. The zero-order valence-electron chi connectivity index (χ0n) is 8.68. The van der Waals surface area contributed by atoms with E-state index in [0.29, 0.717) is 0 Å². The van der Waals surface area contributed by atoms with Crippen molar-refractivity contribution in [1.82, 2.24) is 0 Å². The first-order chi connectivity index (χ1) is 8.12. The number of nitrogens with one attached hydrogen (secondary N) is 1. The smallest absolute Gasteiger partial charge is 0.337 e. The monoisotopic (exact) mass is 293 g/mol. The number of carboxylic acid groups (broad SMARTS) is 1. The first-order valence-electron chi connectivity index (χ1n) is 4.29. The predicted molar refractivity (Wildman–Crippen MR) is 63.0 cm³/mol. The van der Waals surface area contributed by atoms with Crippen LogP contribution in [0.1, 0.15) is 10.4 Å². The number of primary sulfonamides is 1. The van der Waals surface area contributed by atoms with Gasteiger partial charge >= 0.3 is 12.0 Å². The molecule has 2 amide bonds. The second-order valence-electron chi connectivity index (χ2n) is 3.17. The van der Waals surface area contributed by atoms with E-state index in [2.05, 4.69) is 0 Å². The van der Waals surface area contributed by atoms with E-state index >= 15 is 0 Å². The first-order valence-corrected chi connectivity index (χ1v) is 6.21. The topological polar surface area (TPSA) is 153 Å². The van der Waals surface area contributed by atoms with Gasteiger partial charge < -0.3 is 16.2 Å². The number of nitrogens with two attached hydrogens (primary N) is 2. The molecule has 0 aliphatic heterocycles. The Bertz CT molecular complexity index is 628. The minimum atomic E-state index is -4.17. The van der Waals surface area contributed by atoms with E-state index in [9.17, 15) is 18.0 Å². The van der Waals surface area contributed by atoms with Crippen LogP contribution in [0.2, 0.25) is 5.02 Å². The summed E-state index contributed by atoms with van der Waals surface area (Å²) in [5.41, 5.74) is 4.11. The fourth-order valence-electron chi connectivity index (χ4n) is 1.18. The highest BCUT2D eigenvalue weighted by Crippen LogP contribution is 2.28. The molecule has 10 heteroatoms. The molecule has 0 saturated heterocycles. The molecular formula is C8H8ClN3O5S. The van der Waals surface area contributed by atoms with Gasteiger partial charge in [0.1, 0.15) is 4.90 Å². The van der Waals surface area contributed by atoms with Crippen LogP contribution in [-0.4, -0.2) is 25.5 Å². The van der Waals surface area contributed by atoms with Crippen LogP contribution in [0, 0.1) is 0 Å². The van der Waals surface area contributed by atoms with Crippen LogP contribution in [0.5, 0.6) is 0 Å².